The van der Waals surface area contributed by atoms with Crippen LogP contribution in [-0.2, 0) is 11.2 Å². The molecule has 1 amide bonds. The minimum atomic E-state index is -0.432. The molecule has 2 N–H and O–H groups in total. The second kappa shape index (κ2) is 7.39. The molecule has 0 saturated carbocycles. The summed E-state index contributed by atoms with van der Waals surface area (Å²) >= 11 is 5.09. The third kappa shape index (κ3) is 4.30. The molecule has 3 nitrogen and oxygen atoms in total. The molecule has 1 aromatic rings. The topological polar surface area (TPSA) is 46.3 Å². The Labute approximate surface area is 127 Å². The summed E-state index contributed by atoms with van der Waals surface area (Å²) in [4.78, 5) is 14.6. The molecule has 0 aromatic heterocycles. The van der Waals surface area contributed by atoms with E-state index in [0.29, 0.717) is 12.3 Å². The zero-order valence-corrected chi connectivity index (χ0v) is 13.5. The maximum absolute atomic E-state index is 12.6. The molecule has 20 heavy (non-hydrogen) atoms. The normalized spacial score (nSPS) is 13.8. The smallest absolute Gasteiger partial charge is 0.232 e. The van der Waals surface area contributed by atoms with Crippen molar-refractivity contribution in [1.82, 2.24) is 4.90 Å². The van der Waals surface area contributed by atoms with Crippen LogP contribution >= 0.6 is 12.2 Å². The van der Waals surface area contributed by atoms with Crippen molar-refractivity contribution in [2.24, 2.45) is 17.6 Å². The fourth-order valence-corrected chi connectivity index (χ4v) is 2.24. The van der Waals surface area contributed by atoms with E-state index in [0.717, 1.165) is 5.56 Å². The van der Waals surface area contributed by atoms with Gasteiger partial charge in [0.05, 0.1) is 10.9 Å². The number of hydrogen-bond donors (Lipinski definition) is 1. The number of carbonyl (C=O) groups excluding carboxylic acids is 1. The Kier molecular flexibility index (Phi) is 6.14. The van der Waals surface area contributed by atoms with Crippen LogP contribution in [0.4, 0.5) is 0 Å². The van der Waals surface area contributed by atoms with E-state index in [-0.39, 0.29) is 16.9 Å². The lowest BCUT2D eigenvalue weighted by Gasteiger charge is -2.31. The van der Waals surface area contributed by atoms with Gasteiger partial charge in [-0.25, -0.2) is 0 Å². The number of nitrogens with two attached hydrogens (primary N) is 1. The van der Waals surface area contributed by atoms with Crippen LogP contribution in [-0.4, -0.2) is 28.9 Å². The van der Waals surface area contributed by atoms with E-state index in [1.54, 1.807) is 4.90 Å². The van der Waals surface area contributed by atoms with Crippen LogP contribution in [0.5, 0.6) is 0 Å². The lowest BCUT2D eigenvalue weighted by atomic mass is 9.96. The Morgan fingerprint density at radius 1 is 1.25 bits per heavy atom. The molecule has 0 fully saturated rings. The summed E-state index contributed by atoms with van der Waals surface area (Å²) in [5, 5.41) is 0. The van der Waals surface area contributed by atoms with Gasteiger partial charge >= 0.3 is 0 Å². The number of amides is 1. The molecule has 0 aliphatic carbocycles. The SMILES string of the molecule is CC(C)C(C)N(C)C(=O)C(Cc1ccccc1)C(N)=S. The molecule has 2 unspecified atom stereocenters. The van der Waals surface area contributed by atoms with Crippen LogP contribution in [0.3, 0.4) is 0 Å². The lowest BCUT2D eigenvalue weighted by Crippen LogP contribution is -2.45. The first-order valence-electron chi connectivity index (χ1n) is 6.94. The molecule has 0 aliphatic rings. The summed E-state index contributed by atoms with van der Waals surface area (Å²) in [6.07, 6.45) is 0.560. The highest BCUT2D eigenvalue weighted by molar-refractivity contribution is 7.80. The van der Waals surface area contributed by atoms with Gasteiger partial charge in [-0.2, -0.15) is 0 Å². The highest BCUT2D eigenvalue weighted by atomic mass is 32.1. The minimum absolute atomic E-state index is 0.00236. The zero-order valence-electron chi connectivity index (χ0n) is 12.7. The molecule has 0 spiro atoms. The van der Waals surface area contributed by atoms with E-state index in [1.165, 1.54) is 0 Å². The maximum atomic E-state index is 12.6. The Morgan fingerprint density at radius 2 is 1.80 bits per heavy atom. The predicted octanol–water partition coefficient (Wildman–Crippen LogP) is 2.63. The first-order valence-corrected chi connectivity index (χ1v) is 7.35. The second-order valence-corrected chi connectivity index (χ2v) is 6.05. The van der Waals surface area contributed by atoms with Gasteiger partial charge in [-0.05, 0) is 24.8 Å². The van der Waals surface area contributed by atoms with Crippen LogP contribution in [0.15, 0.2) is 30.3 Å². The van der Waals surface area contributed by atoms with Crippen LogP contribution in [0.2, 0.25) is 0 Å². The predicted molar refractivity (Wildman–Crippen MR) is 87.5 cm³/mol. The van der Waals surface area contributed by atoms with Crippen molar-refractivity contribution in [3.8, 4) is 0 Å². The monoisotopic (exact) mass is 292 g/mol. The molecule has 110 valence electrons. The molecule has 0 radical (unpaired) electrons. The van der Waals surface area contributed by atoms with Crippen molar-refractivity contribution in [3.63, 3.8) is 0 Å². The fraction of sp³-hybridized carbons (Fsp3) is 0.500. The zero-order chi connectivity index (χ0) is 15.3. The summed E-state index contributed by atoms with van der Waals surface area (Å²) in [5.41, 5.74) is 6.86. The fourth-order valence-electron chi connectivity index (χ4n) is 2.05. The molecule has 0 heterocycles. The van der Waals surface area contributed by atoms with E-state index in [1.807, 2.05) is 44.3 Å². The average Bonchev–Trinajstić information content (AvgIpc) is 2.43. The van der Waals surface area contributed by atoms with Crippen molar-refractivity contribution in [1.29, 1.82) is 0 Å². The number of rotatable bonds is 6. The van der Waals surface area contributed by atoms with Crippen LogP contribution in [0.1, 0.15) is 26.3 Å². The van der Waals surface area contributed by atoms with Gasteiger partial charge in [-0.15, -0.1) is 0 Å². The van der Waals surface area contributed by atoms with Gasteiger partial charge in [0.2, 0.25) is 5.91 Å². The van der Waals surface area contributed by atoms with E-state index >= 15 is 0 Å². The lowest BCUT2D eigenvalue weighted by molar-refractivity contribution is -0.134. The highest BCUT2D eigenvalue weighted by Gasteiger charge is 2.28. The summed E-state index contributed by atoms with van der Waals surface area (Å²) in [7, 11) is 1.82. The van der Waals surface area contributed by atoms with Crippen molar-refractivity contribution >= 4 is 23.1 Å². The molecule has 2 atom stereocenters. The van der Waals surface area contributed by atoms with Gasteiger partial charge in [0, 0.05) is 13.1 Å². The summed E-state index contributed by atoms with van der Waals surface area (Å²) in [5.74, 6) is -0.0335. The average molecular weight is 292 g/mol. The highest BCUT2D eigenvalue weighted by Crippen LogP contribution is 2.16. The number of nitrogens with zero attached hydrogens (tertiary/aromatic N) is 1. The number of thiocarbonyl (C=S) groups is 1. The Balaban J connectivity index is 2.86. The Bertz CT molecular complexity index is 459. The number of hydrogen-bond acceptors (Lipinski definition) is 2. The molecule has 0 aliphatic heterocycles. The molecule has 1 aromatic carbocycles. The van der Waals surface area contributed by atoms with Crippen molar-refractivity contribution < 1.29 is 4.79 Å². The van der Waals surface area contributed by atoms with Gasteiger partial charge in [0.1, 0.15) is 0 Å². The molecule has 0 bridgehead atoms. The quantitative estimate of drug-likeness (QED) is 0.820. The first-order chi connectivity index (χ1) is 9.34. The maximum Gasteiger partial charge on any atom is 0.232 e. The third-order valence-corrected chi connectivity index (χ3v) is 4.13. The second-order valence-electron chi connectivity index (χ2n) is 5.58. The van der Waals surface area contributed by atoms with Gasteiger partial charge in [0.25, 0.3) is 0 Å². The largest absolute Gasteiger partial charge is 0.393 e. The molecular formula is C16H24N2OS. The van der Waals surface area contributed by atoms with Crippen LogP contribution in [0, 0.1) is 11.8 Å². The summed E-state index contributed by atoms with van der Waals surface area (Å²) < 4.78 is 0. The molecule has 1 rings (SSSR count). The molecule has 4 heteroatoms. The van der Waals surface area contributed by atoms with Crippen molar-refractivity contribution in [2.45, 2.75) is 33.2 Å². The van der Waals surface area contributed by atoms with Crippen molar-refractivity contribution in [2.75, 3.05) is 7.05 Å². The standard InChI is InChI=1S/C16H24N2OS/c1-11(2)12(3)18(4)16(19)14(15(17)20)10-13-8-6-5-7-9-13/h5-9,11-12,14H,10H2,1-4H3,(H2,17,20). The minimum Gasteiger partial charge on any atom is -0.393 e. The van der Waals surface area contributed by atoms with Gasteiger partial charge in [0.15, 0.2) is 0 Å². The molecule has 0 saturated heterocycles. The van der Waals surface area contributed by atoms with Gasteiger partial charge in [-0.1, -0.05) is 56.4 Å². The van der Waals surface area contributed by atoms with E-state index in [9.17, 15) is 4.79 Å². The number of carbonyl (C=O) groups is 1. The third-order valence-electron chi connectivity index (χ3n) is 3.85. The molecular weight excluding hydrogens is 268 g/mol. The summed E-state index contributed by atoms with van der Waals surface area (Å²) in [6, 6.07) is 10.0. The van der Waals surface area contributed by atoms with E-state index < -0.39 is 5.92 Å². The van der Waals surface area contributed by atoms with Crippen LogP contribution in [0.25, 0.3) is 0 Å². The van der Waals surface area contributed by atoms with E-state index in [2.05, 4.69) is 13.8 Å². The summed E-state index contributed by atoms with van der Waals surface area (Å²) in [6.45, 7) is 6.24. The number of benzene rings is 1. The first kappa shape index (κ1) is 16.6. The Hall–Kier alpha value is -1.42. The van der Waals surface area contributed by atoms with Gasteiger partial charge < -0.3 is 10.6 Å². The van der Waals surface area contributed by atoms with Gasteiger partial charge in [-0.3, -0.25) is 4.79 Å². The van der Waals surface area contributed by atoms with Crippen LogP contribution < -0.4 is 5.73 Å². The van der Waals surface area contributed by atoms with E-state index in [4.69, 9.17) is 18.0 Å². The Morgan fingerprint density at radius 3 is 2.25 bits per heavy atom. The van der Waals surface area contributed by atoms with Crippen molar-refractivity contribution in [3.05, 3.63) is 35.9 Å².